The van der Waals surface area contributed by atoms with E-state index in [1.54, 1.807) is 18.6 Å². The Morgan fingerprint density at radius 3 is 2.30 bits per heavy atom. The molecule has 1 unspecified atom stereocenters. The van der Waals surface area contributed by atoms with Crippen LogP contribution in [0.2, 0.25) is 0 Å². The van der Waals surface area contributed by atoms with Crippen molar-refractivity contribution in [3.05, 3.63) is 78.6 Å². The van der Waals surface area contributed by atoms with Crippen molar-refractivity contribution >= 4 is 11.2 Å². The normalized spacial score (nSPS) is 12.1. The molecule has 5 heteroatoms. The van der Waals surface area contributed by atoms with Crippen LogP contribution in [0.15, 0.2) is 78.0 Å². The minimum absolute atomic E-state index is 0.784. The summed E-state index contributed by atoms with van der Waals surface area (Å²) in [6, 6.07) is 19.9. The van der Waals surface area contributed by atoms with Crippen LogP contribution in [0, 0.1) is 6.92 Å². The lowest BCUT2D eigenvalue weighted by atomic mass is 10.0. The fourth-order valence-electron chi connectivity index (χ4n) is 3.04. The van der Waals surface area contributed by atoms with E-state index in [4.69, 9.17) is 4.98 Å². The SMILES string of the molecule is Cc1cccc(-c2nc(-c3ccc([S+](C)[O-])cc3)[nH]c2-c2ccncc2)c1. The van der Waals surface area contributed by atoms with E-state index in [-0.39, 0.29) is 0 Å². The van der Waals surface area contributed by atoms with E-state index in [1.807, 2.05) is 42.5 Å². The smallest absolute Gasteiger partial charge is 0.152 e. The molecule has 4 aromatic rings. The molecule has 0 amide bonds. The van der Waals surface area contributed by atoms with Crippen LogP contribution in [-0.2, 0) is 11.2 Å². The van der Waals surface area contributed by atoms with Crippen molar-refractivity contribution in [2.75, 3.05) is 6.26 Å². The van der Waals surface area contributed by atoms with Crippen LogP contribution >= 0.6 is 0 Å². The first kappa shape index (κ1) is 17.5. The van der Waals surface area contributed by atoms with Gasteiger partial charge < -0.3 is 9.54 Å². The Labute approximate surface area is 161 Å². The van der Waals surface area contributed by atoms with Gasteiger partial charge in [0.05, 0.1) is 11.4 Å². The van der Waals surface area contributed by atoms with Crippen molar-refractivity contribution in [3.8, 4) is 33.9 Å². The average Bonchev–Trinajstić information content (AvgIpc) is 3.14. The second-order valence-corrected chi connectivity index (χ2v) is 7.77. The number of benzene rings is 2. The van der Waals surface area contributed by atoms with Crippen LogP contribution in [0.25, 0.3) is 33.9 Å². The maximum Gasteiger partial charge on any atom is 0.152 e. The number of aryl methyl sites for hydroxylation is 1. The Hall–Kier alpha value is -2.89. The molecule has 4 nitrogen and oxygen atoms in total. The number of imidazole rings is 1. The van der Waals surface area contributed by atoms with Crippen LogP contribution in [0.4, 0.5) is 0 Å². The van der Waals surface area contributed by atoms with Crippen molar-refractivity contribution < 1.29 is 4.55 Å². The van der Waals surface area contributed by atoms with E-state index in [9.17, 15) is 4.55 Å². The first-order valence-electron chi connectivity index (χ1n) is 8.63. The van der Waals surface area contributed by atoms with Gasteiger partial charge in [-0.25, -0.2) is 4.98 Å². The topological polar surface area (TPSA) is 64.6 Å². The van der Waals surface area contributed by atoms with E-state index in [0.717, 1.165) is 38.8 Å². The molecule has 2 aromatic carbocycles. The molecule has 0 bridgehead atoms. The largest absolute Gasteiger partial charge is 0.612 e. The standard InChI is InChI=1S/C22H19N3OS/c1-15-4-3-5-18(14-15)21-20(16-10-12-23-13-11-16)24-22(25-21)17-6-8-19(9-7-17)27(2)26/h3-14H,1-2H3,(H,24,25). The summed E-state index contributed by atoms with van der Waals surface area (Å²) in [6.07, 6.45) is 5.24. The summed E-state index contributed by atoms with van der Waals surface area (Å²) in [5, 5.41) is 0. The maximum atomic E-state index is 11.6. The molecule has 0 aliphatic rings. The van der Waals surface area contributed by atoms with E-state index in [2.05, 4.69) is 35.1 Å². The van der Waals surface area contributed by atoms with Gasteiger partial charge in [-0.1, -0.05) is 23.8 Å². The number of aromatic nitrogens is 3. The van der Waals surface area contributed by atoms with Gasteiger partial charge in [-0.2, -0.15) is 0 Å². The number of nitrogens with zero attached hydrogens (tertiary/aromatic N) is 2. The number of nitrogens with one attached hydrogen (secondary N) is 1. The first-order chi connectivity index (χ1) is 13.1. The molecule has 2 aromatic heterocycles. The van der Waals surface area contributed by atoms with Crippen molar-refractivity contribution in [3.63, 3.8) is 0 Å². The van der Waals surface area contributed by atoms with Crippen molar-refractivity contribution in [1.82, 2.24) is 15.0 Å². The van der Waals surface area contributed by atoms with Gasteiger partial charge in [0.15, 0.2) is 4.90 Å². The summed E-state index contributed by atoms with van der Waals surface area (Å²) in [6.45, 7) is 2.08. The number of hydrogen-bond donors (Lipinski definition) is 1. The Bertz CT molecular complexity index is 1060. The molecule has 1 atom stereocenters. The highest BCUT2D eigenvalue weighted by Gasteiger charge is 2.16. The number of H-pyrrole nitrogens is 1. The Morgan fingerprint density at radius 1 is 0.889 bits per heavy atom. The molecule has 0 aliphatic carbocycles. The minimum atomic E-state index is -0.992. The van der Waals surface area contributed by atoms with Crippen LogP contribution in [0.1, 0.15) is 5.56 Å². The van der Waals surface area contributed by atoms with Crippen LogP contribution in [-0.4, -0.2) is 25.8 Å². The zero-order chi connectivity index (χ0) is 18.8. The zero-order valence-corrected chi connectivity index (χ0v) is 16.0. The average molecular weight is 373 g/mol. The van der Waals surface area contributed by atoms with E-state index < -0.39 is 11.2 Å². The molecule has 0 radical (unpaired) electrons. The van der Waals surface area contributed by atoms with Crippen LogP contribution in [0.3, 0.4) is 0 Å². The molecule has 27 heavy (non-hydrogen) atoms. The fourth-order valence-corrected chi connectivity index (χ4v) is 3.56. The molecular formula is C22H19N3OS. The third-order valence-corrected chi connectivity index (χ3v) is 5.36. The number of rotatable bonds is 4. The van der Waals surface area contributed by atoms with Crippen molar-refractivity contribution in [2.24, 2.45) is 0 Å². The highest BCUT2D eigenvalue weighted by Crippen LogP contribution is 2.33. The Balaban J connectivity index is 1.85. The number of pyridine rings is 1. The van der Waals surface area contributed by atoms with E-state index in [1.165, 1.54) is 5.56 Å². The molecule has 0 aliphatic heterocycles. The molecule has 4 rings (SSSR count). The Morgan fingerprint density at radius 2 is 1.63 bits per heavy atom. The summed E-state index contributed by atoms with van der Waals surface area (Å²) in [5.41, 5.74) is 6.11. The summed E-state index contributed by atoms with van der Waals surface area (Å²) in [7, 11) is 0. The lowest BCUT2D eigenvalue weighted by molar-refractivity contribution is 0.601. The van der Waals surface area contributed by atoms with Crippen LogP contribution in [0.5, 0.6) is 0 Å². The summed E-state index contributed by atoms with van der Waals surface area (Å²) < 4.78 is 11.6. The molecule has 1 N–H and O–H groups in total. The highest BCUT2D eigenvalue weighted by atomic mass is 32.2. The van der Waals surface area contributed by atoms with Crippen LogP contribution < -0.4 is 0 Å². The second kappa shape index (κ2) is 7.39. The van der Waals surface area contributed by atoms with Gasteiger partial charge in [-0.05, 0) is 60.6 Å². The van der Waals surface area contributed by atoms with E-state index >= 15 is 0 Å². The molecule has 2 heterocycles. The summed E-state index contributed by atoms with van der Waals surface area (Å²) >= 11 is -0.992. The van der Waals surface area contributed by atoms with Gasteiger partial charge in [-0.15, -0.1) is 0 Å². The van der Waals surface area contributed by atoms with Gasteiger partial charge in [0.1, 0.15) is 12.1 Å². The highest BCUT2D eigenvalue weighted by molar-refractivity contribution is 7.90. The molecule has 0 spiro atoms. The minimum Gasteiger partial charge on any atom is -0.612 e. The predicted molar refractivity (Wildman–Crippen MR) is 110 cm³/mol. The molecule has 0 fully saturated rings. The molecular weight excluding hydrogens is 354 g/mol. The van der Waals surface area contributed by atoms with E-state index in [0.29, 0.717) is 0 Å². The monoisotopic (exact) mass is 373 g/mol. The van der Waals surface area contributed by atoms with Gasteiger partial charge >= 0.3 is 0 Å². The third kappa shape index (κ3) is 3.65. The van der Waals surface area contributed by atoms with Gasteiger partial charge in [-0.3, -0.25) is 4.98 Å². The number of hydrogen-bond acceptors (Lipinski definition) is 3. The summed E-state index contributed by atoms with van der Waals surface area (Å²) in [4.78, 5) is 13.3. The quantitative estimate of drug-likeness (QED) is 0.520. The lowest BCUT2D eigenvalue weighted by Gasteiger charge is -2.04. The lowest BCUT2D eigenvalue weighted by Crippen LogP contribution is -1.96. The third-order valence-electron chi connectivity index (χ3n) is 4.42. The molecule has 134 valence electrons. The zero-order valence-electron chi connectivity index (χ0n) is 15.1. The van der Waals surface area contributed by atoms with Gasteiger partial charge in [0, 0.05) is 29.1 Å². The first-order valence-corrected chi connectivity index (χ1v) is 10.2. The number of aromatic amines is 1. The molecule has 0 saturated carbocycles. The van der Waals surface area contributed by atoms with Crippen molar-refractivity contribution in [1.29, 1.82) is 0 Å². The molecule has 0 saturated heterocycles. The maximum absolute atomic E-state index is 11.6. The second-order valence-electron chi connectivity index (χ2n) is 6.39. The summed E-state index contributed by atoms with van der Waals surface area (Å²) in [5.74, 6) is 0.784. The Kier molecular flexibility index (Phi) is 4.79. The van der Waals surface area contributed by atoms with Crippen molar-refractivity contribution in [2.45, 2.75) is 11.8 Å². The van der Waals surface area contributed by atoms with Gasteiger partial charge in [0.25, 0.3) is 0 Å². The van der Waals surface area contributed by atoms with Gasteiger partial charge in [0.2, 0.25) is 0 Å². The fraction of sp³-hybridized carbons (Fsp3) is 0.0909. The predicted octanol–water partition coefficient (Wildman–Crippen LogP) is 4.85.